The number of carbonyl (C=O) groups is 2. The molecule has 0 saturated heterocycles. The summed E-state index contributed by atoms with van der Waals surface area (Å²) in [5.41, 5.74) is 0.341. The van der Waals surface area contributed by atoms with Crippen LogP contribution in [0.3, 0.4) is 0 Å². The lowest BCUT2D eigenvalue weighted by molar-refractivity contribution is -0.116. The van der Waals surface area contributed by atoms with E-state index in [9.17, 15) is 9.59 Å². The van der Waals surface area contributed by atoms with Gasteiger partial charge in [0.15, 0.2) is 5.82 Å². The molecule has 2 aromatic rings. The van der Waals surface area contributed by atoms with Gasteiger partial charge in [-0.05, 0) is 19.1 Å². The van der Waals surface area contributed by atoms with Gasteiger partial charge in [-0.25, -0.2) is 0 Å². The third-order valence-corrected chi connectivity index (χ3v) is 3.47. The van der Waals surface area contributed by atoms with Gasteiger partial charge in [0.25, 0.3) is 5.91 Å². The van der Waals surface area contributed by atoms with E-state index in [4.69, 9.17) is 14.0 Å². The number of hydrogen-bond donors (Lipinski definition) is 1. The quantitative estimate of drug-likeness (QED) is 0.727. The lowest BCUT2D eigenvalue weighted by Gasteiger charge is -2.21. The predicted octanol–water partition coefficient (Wildman–Crippen LogP) is 2.27. The Morgan fingerprint density at radius 1 is 1.23 bits per heavy atom. The van der Waals surface area contributed by atoms with Gasteiger partial charge in [-0.2, -0.15) is 0 Å². The van der Waals surface area contributed by atoms with Gasteiger partial charge in [0.1, 0.15) is 23.8 Å². The van der Waals surface area contributed by atoms with Gasteiger partial charge in [-0.1, -0.05) is 11.2 Å². The van der Waals surface area contributed by atoms with Crippen LogP contribution in [-0.2, 0) is 4.79 Å². The number of ether oxygens (including phenoxy) is 2. The highest BCUT2D eigenvalue weighted by Gasteiger charge is 2.20. The summed E-state index contributed by atoms with van der Waals surface area (Å²) in [6, 6.07) is 6.42. The van der Waals surface area contributed by atoms with E-state index in [1.54, 1.807) is 37.3 Å². The molecular weight excluding hydrogens is 338 g/mol. The lowest BCUT2D eigenvalue weighted by atomic mass is 10.1. The number of methoxy groups -OCH3 is 2. The first kappa shape index (κ1) is 19.0. The molecule has 8 heteroatoms. The van der Waals surface area contributed by atoms with E-state index in [2.05, 4.69) is 17.1 Å². The number of aromatic nitrogens is 1. The van der Waals surface area contributed by atoms with E-state index in [0.29, 0.717) is 28.6 Å². The molecule has 0 unspecified atom stereocenters. The van der Waals surface area contributed by atoms with E-state index in [1.807, 2.05) is 0 Å². The van der Waals surface area contributed by atoms with Crippen molar-refractivity contribution in [2.45, 2.75) is 6.92 Å². The number of nitrogens with one attached hydrogen (secondary N) is 1. The van der Waals surface area contributed by atoms with Gasteiger partial charge in [0.2, 0.25) is 5.91 Å². The van der Waals surface area contributed by atoms with E-state index in [1.165, 1.54) is 19.1 Å². The van der Waals surface area contributed by atoms with Crippen molar-refractivity contribution in [3.63, 3.8) is 0 Å². The minimum Gasteiger partial charge on any atom is -0.497 e. The molecule has 0 radical (unpaired) electrons. The van der Waals surface area contributed by atoms with Crippen LogP contribution < -0.4 is 14.8 Å². The Kier molecular flexibility index (Phi) is 6.37. The van der Waals surface area contributed by atoms with Crippen molar-refractivity contribution >= 4 is 17.6 Å². The molecular formula is C18H21N3O5. The van der Waals surface area contributed by atoms with E-state index >= 15 is 0 Å². The maximum atomic E-state index is 12.8. The summed E-state index contributed by atoms with van der Waals surface area (Å²) in [5, 5.41) is 6.28. The van der Waals surface area contributed by atoms with Gasteiger partial charge in [-0.15, -0.1) is 6.58 Å². The van der Waals surface area contributed by atoms with Crippen molar-refractivity contribution in [2.24, 2.45) is 0 Å². The van der Waals surface area contributed by atoms with Crippen molar-refractivity contribution in [1.82, 2.24) is 10.1 Å². The summed E-state index contributed by atoms with van der Waals surface area (Å²) in [6.45, 7) is 5.38. The number of amides is 2. The first-order valence-electron chi connectivity index (χ1n) is 7.83. The molecule has 0 spiro atoms. The van der Waals surface area contributed by atoms with E-state index < -0.39 is 5.91 Å². The zero-order valence-electron chi connectivity index (χ0n) is 14.9. The van der Waals surface area contributed by atoms with Gasteiger partial charge < -0.3 is 24.2 Å². The Labute approximate surface area is 151 Å². The predicted molar refractivity (Wildman–Crippen MR) is 95.5 cm³/mol. The molecule has 2 rings (SSSR count). The number of anilines is 1. The van der Waals surface area contributed by atoms with Crippen LogP contribution in [0.4, 0.5) is 5.82 Å². The molecule has 0 aliphatic carbocycles. The van der Waals surface area contributed by atoms with Crippen molar-refractivity contribution in [2.75, 3.05) is 32.6 Å². The van der Waals surface area contributed by atoms with Crippen molar-refractivity contribution < 1.29 is 23.6 Å². The molecule has 0 aliphatic heterocycles. The third-order valence-electron chi connectivity index (χ3n) is 3.47. The molecule has 0 fully saturated rings. The van der Waals surface area contributed by atoms with Crippen molar-refractivity contribution in [3.05, 3.63) is 48.2 Å². The summed E-state index contributed by atoms with van der Waals surface area (Å²) in [4.78, 5) is 26.4. The van der Waals surface area contributed by atoms with Gasteiger partial charge in [-0.3, -0.25) is 9.59 Å². The number of aryl methyl sites for hydroxylation is 1. The topological polar surface area (TPSA) is 93.9 Å². The number of benzene rings is 1. The zero-order chi connectivity index (χ0) is 19.1. The summed E-state index contributed by atoms with van der Waals surface area (Å²) in [7, 11) is 3.00. The Balaban J connectivity index is 2.16. The average Bonchev–Trinajstić information content (AvgIpc) is 3.04. The van der Waals surface area contributed by atoms with Crippen LogP contribution in [-0.4, -0.2) is 49.2 Å². The highest BCUT2D eigenvalue weighted by Crippen LogP contribution is 2.23. The lowest BCUT2D eigenvalue weighted by Crippen LogP contribution is -2.38. The van der Waals surface area contributed by atoms with Crippen molar-refractivity contribution in [3.8, 4) is 11.5 Å². The van der Waals surface area contributed by atoms with Crippen LogP contribution in [0.1, 0.15) is 16.1 Å². The summed E-state index contributed by atoms with van der Waals surface area (Å²) in [5.74, 6) is 1.07. The Morgan fingerprint density at radius 3 is 2.38 bits per heavy atom. The van der Waals surface area contributed by atoms with Crippen LogP contribution in [0.2, 0.25) is 0 Å². The first-order valence-corrected chi connectivity index (χ1v) is 7.83. The Bertz CT molecular complexity index is 778. The van der Waals surface area contributed by atoms with Crippen LogP contribution >= 0.6 is 0 Å². The fourth-order valence-corrected chi connectivity index (χ4v) is 2.27. The van der Waals surface area contributed by atoms with Crippen molar-refractivity contribution in [1.29, 1.82) is 0 Å². The fourth-order valence-electron chi connectivity index (χ4n) is 2.27. The molecule has 0 aliphatic rings. The number of hydrogen-bond acceptors (Lipinski definition) is 6. The normalized spacial score (nSPS) is 10.1. The maximum Gasteiger partial charge on any atom is 0.254 e. The minimum atomic E-state index is -0.400. The van der Waals surface area contributed by atoms with E-state index in [0.717, 1.165) is 0 Å². The average molecular weight is 359 g/mol. The number of nitrogens with zero attached hydrogens (tertiary/aromatic N) is 2. The third kappa shape index (κ3) is 4.85. The van der Waals surface area contributed by atoms with E-state index in [-0.39, 0.29) is 19.0 Å². The fraction of sp³-hybridized carbons (Fsp3) is 0.278. The second-order valence-corrected chi connectivity index (χ2v) is 5.45. The largest absolute Gasteiger partial charge is 0.497 e. The summed E-state index contributed by atoms with van der Waals surface area (Å²) in [6.07, 6.45) is 1.54. The molecule has 26 heavy (non-hydrogen) atoms. The summed E-state index contributed by atoms with van der Waals surface area (Å²) >= 11 is 0. The molecule has 1 N–H and O–H groups in total. The minimum absolute atomic E-state index is 0.170. The standard InChI is InChI=1S/C18H21N3O5/c1-5-6-21(11-17(22)19-16-7-12(2)26-20-16)18(23)13-8-14(24-3)10-15(9-13)25-4/h5,7-10H,1,6,11H2,2-4H3,(H,19,20,22). The molecule has 138 valence electrons. The molecule has 0 bridgehead atoms. The molecule has 2 amide bonds. The SMILES string of the molecule is C=CCN(CC(=O)Nc1cc(C)on1)C(=O)c1cc(OC)cc(OC)c1. The zero-order valence-corrected chi connectivity index (χ0v) is 14.9. The Hall–Kier alpha value is -3.29. The Morgan fingerprint density at radius 2 is 1.88 bits per heavy atom. The molecule has 1 heterocycles. The van der Waals surface area contributed by atoms with Crippen LogP contribution in [0.25, 0.3) is 0 Å². The van der Waals surface area contributed by atoms with Crippen LogP contribution in [0.15, 0.2) is 41.4 Å². The number of rotatable bonds is 8. The monoisotopic (exact) mass is 359 g/mol. The van der Waals surface area contributed by atoms with Crippen LogP contribution in [0, 0.1) is 6.92 Å². The second-order valence-electron chi connectivity index (χ2n) is 5.45. The smallest absolute Gasteiger partial charge is 0.254 e. The van der Waals surface area contributed by atoms with Crippen LogP contribution in [0.5, 0.6) is 11.5 Å². The van der Waals surface area contributed by atoms with Gasteiger partial charge in [0.05, 0.1) is 14.2 Å². The highest BCUT2D eigenvalue weighted by atomic mass is 16.5. The molecule has 8 nitrogen and oxygen atoms in total. The highest BCUT2D eigenvalue weighted by molar-refractivity contribution is 5.99. The van der Waals surface area contributed by atoms with Gasteiger partial charge >= 0.3 is 0 Å². The molecule has 0 atom stereocenters. The molecule has 1 aromatic carbocycles. The molecule has 1 aromatic heterocycles. The molecule has 0 saturated carbocycles. The second kappa shape index (κ2) is 8.70. The first-order chi connectivity index (χ1) is 12.5. The van der Waals surface area contributed by atoms with Gasteiger partial charge in [0, 0.05) is 24.2 Å². The summed E-state index contributed by atoms with van der Waals surface area (Å²) < 4.78 is 15.3. The maximum absolute atomic E-state index is 12.8. The number of carbonyl (C=O) groups excluding carboxylic acids is 2.